The number of hydrogen-bond donors (Lipinski definition) is 2. The standard InChI is InChI=1S/C21H22F3N3O2/c1-13(16-8-9-25-18(12-16)27-20(29)11-14-2-3-14)26-19(28)10-15-4-6-17(7-5-15)21(22,23)24/h4-9,12-14H,2-3,10-11H2,1H3,(H,26,28)(H,25,27,29). The molecule has 154 valence electrons. The third-order valence-electron chi connectivity index (χ3n) is 4.75. The van der Waals surface area contributed by atoms with Crippen molar-refractivity contribution >= 4 is 17.6 Å². The number of rotatable bonds is 7. The minimum Gasteiger partial charge on any atom is -0.349 e. The van der Waals surface area contributed by atoms with E-state index in [1.807, 2.05) is 0 Å². The molecule has 0 aliphatic heterocycles. The van der Waals surface area contributed by atoms with Gasteiger partial charge < -0.3 is 10.6 Å². The van der Waals surface area contributed by atoms with Crippen LogP contribution >= 0.6 is 0 Å². The lowest BCUT2D eigenvalue weighted by atomic mass is 10.1. The van der Waals surface area contributed by atoms with Crippen molar-refractivity contribution in [3.63, 3.8) is 0 Å². The highest BCUT2D eigenvalue weighted by molar-refractivity contribution is 5.90. The number of anilines is 1. The maximum Gasteiger partial charge on any atom is 0.416 e. The van der Waals surface area contributed by atoms with Crippen LogP contribution in [-0.4, -0.2) is 16.8 Å². The number of nitrogens with zero attached hydrogens (tertiary/aromatic N) is 1. The number of carbonyl (C=O) groups excluding carboxylic acids is 2. The largest absolute Gasteiger partial charge is 0.416 e. The second-order valence-electron chi connectivity index (χ2n) is 7.33. The topological polar surface area (TPSA) is 71.1 Å². The third kappa shape index (κ3) is 6.30. The molecule has 8 heteroatoms. The van der Waals surface area contributed by atoms with E-state index in [2.05, 4.69) is 15.6 Å². The highest BCUT2D eigenvalue weighted by atomic mass is 19.4. The summed E-state index contributed by atoms with van der Waals surface area (Å²) in [4.78, 5) is 28.3. The average Bonchev–Trinajstić information content (AvgIpc) is 3.45. The SMILES string of the molecule is CC(NC(=O)Cc1ccc(C(F)(F)F)cc1)c1ccnc(NC(=O)CC2CC2)c1. The molecule has 1 atom stereocenters. The van der Waals surface area contributed by atoms with Gasteiger partial charge in [0.15, 0.2) is 0 Å². The number of pyridine rings is 1. The summed E-state index contributed by atoms with van der Waals surface area (Å²) >= 11 is 0. The van der Waals surface area contributed by atoms with Gasteiger partial charge in [-0.2, -0.15) is 13.2 Å². The lowest BCUT2D eigenvalue weighted by molar-refractivity contribution is -0.137. The van der Waals surface area contributed by atoms with E-state index in [9.17, 15) is 22.8 Å². The molecule has 1 saturated carbocycles. The van der Waals surface area contributed by atoms with E-state index in [1.165, 1.54) is 12.1 Å². The highest BCUT2D eigenvalue weighted by Gasteiger charge is 2.30. The second kappa shape index (κ2) is 8.63. The first-order valence-electron chi connectivity index (χ1n) is 9.42. The van der Waals surface area contributed by atoms with Crippen LogP contribution < -0.4 is 10.6 Å². The number of hydrogen-bond acceptors (Lipinski definition) is 3. The summed E-state index contributed by atoms with van der Waals surface area (Å²) < 4.78 is 37.8. The van der Waals surface area contributed by atoms with E-state index in [0.717, 1.165) is 30.5 Å². The molecule has 3 rings (SSSR count). The Morgan fingerprint density at radius 1 is 1.14 bits per heavy atom. The fourth-order valence-corrected chi connectivity index (χ4v) is 2.94. The van der Waals surface area contributed by atoms with E-state index in [1.54, 1.807) is 25.3 Å². The number of carbonyl (C=O) groups is 2. The van der Waals surface area contributed by atoms with E-state index >= 15 is 0 Å². The molecular formula is C21H22F3N3O2. The smallest absolute Gasteiger partial charge is 0.349 e. The van der Waals surface area contributed by atoms with Crippen LogP contribution in [0.2, 0.25) is 0 Å². The Labute approximate surface area is 166 Å². The van der Waals surface area contributed by atoms with Gasteiger partial charge in [-0.25, -0.2) is 4.98 Å². The van der Waals surface area contributed by atoms with Crippen molar-refractivity contribution in [3.05, 3.63) is 59.3 Å². The Morgan fingerprint density at radius 3 is 2.45 bits per heavy atom. The molecule has 2 amide bonds. The molecule has 1 aliphatic rings. The second-order valence-corrected chi connectivity index (χ2v) is 7.33. The minimum atomic E-state index is -4.40. The van der Waals surface area contributed by atoms with Crippen molar-refractivity contribution in [2.45, 2.75) is 44.8 Å². The van der Waals surface area contributed by atoms with Crippen LogP contribution in [-0.2, 0) is 22.2 Å². The lowest BCUT2D eigenvalue weighted by Gasteiger charge is -2.15. The molecule has 1 unspecified atom stereocenters. The molecular weight excluding hydrogens is 383 g/mol. The minimum absolute atomic E-state index is 0.0292. The quantitative estimate of drug-likeness (QED) is 0.723. The summed E-state index contributed by atoms with van der Waals surface area (Å²) in [6.45, 7) is 1.79. The number of halogens is 3. The molecule has 1 aliphatic carbocycles. The first kappa shape index (κ1) is 20.8. The van der Waals surface area contributed by atoms with Crippen LogP contribution in [0.5, 0.6) is 0 Å². The lowest BCUT2D eigenvalue weighted by Crippen LogP contribution is -2.28. The van der Waals surface area contributed by atoms with E-state index in [-0.39, 0.29) is 24.3 Å². The zero-order valence-corrected chi connectivity index (χ0v) is 15.9. The number of aromatic nitrogens is 1. The summed E-state index contributed by atoms with van der Waals surface area (Å²) in [7, 11) is 0. The monoisotopic (exact) mass is 405 g/mol. The van der Waals surface area contributed by atoms with Gasteiger partial charge in [-0.3, -0.25) is 9.59 Å². The van der Waals surface area contributed by atoms with Crippen LogP contribution in [0.1, 0.15) is 48.9 Å². The summed E-state index contributed by atoms with van der Waals surface area (Å²) in [5.41, 5.74) is 0.510. The van der Waals surface area contributed by atoms with Crippen molar-refractivity contribution in [1.82, 2.24) is 10.3 Å². The fourth-order valence-electron chi connectivity index (χ4n) is 2.94. The zero-order chi connectivity index (χ0) is 21.0. The van der Waals surface area contributed by atoms with E-state index in [0.29, 0.717) is 23.7 Å². The van der Waals surface area contributed by atoms with Crippen LogP contribution in [0.25, 0.3) is 0 Å². The van der Waals surface area contributed by atoms with E-state index < -0.39 is 11.7 Å². The number of nitrogens with one attached hydrogen (secondary N) is 2. The molecule has 1 aromatic heterocycles. The summed E-state index contributed by atoms with van der Waals surface area (Å²) in [6, 6.07) is 7.61. The third-order valence-corrected chi connectivity index (χ3v) is 4.75. The van der Waals surface area contributed by atoms with Gasteiger partial charge in [0, 0.05) is 12.6 Å². The predicted octanol–water partition coefficient (Wildman–Crippen LogP) is 4.26. The van der Waals surface area contributed by atoms with Crippen LogP contribution in [0.3, 0.4) is 0 Å². The van der Waals surface area contributed by atoms with Gasteiger partial charge in [0.1, 0.15) is 5.82 Å². The molecule has 1 aromatic carbocycles. The number of alkyl halides is 3. The Kier molecular flexibility index (Phi) is 6.20. The molecule has 29 heavy (non-hydrogen) atoms. The van der Waals surface area contributed by atoms with Crippen molar-refractivity contribution in [2.75, 3.05) is 5.32 Å². The Bertz CT molecular complexity index is 877. The molecule has 1 heterocycles. The van der Waals surface area contributed by atoms with Crippen LogP contribution in [0.15, 0.2) is 42.6 Å². The van der Waals surface area contributed by atoms with E-state index in [4.69, 9.17) is 0 Å². The summed E-state index contributed by atoms with van der Waals surface area (Å²) in [6.07, 6.45) is -0.210. The molecule has 0 bridgehead atoms. The van der Waals surface area contributed by atoms with Crippen LogP contribution in [0, 0.1) is 5.92 Å². The highest BCUT2D eigenvalue weighted by Crippen LogP contribution is 2.32. The average molecular weight is 405 g/mol. The Balaban J connectivity index is 1.55. The molecule has 5 nitrogen and oxygen atoms in total. The molecule has 1 fully saturated rings. The van der Waals surface area contributed by atoms with Gasteiger partial charge in [-0.1, -0.05) is 12.1 Å². The molecule has 2 aromatic rings. The Morgan fingerprint density at radius 2 is 1.83 bits per heavy atom. The first-order chi connectivity index (χ1) is 13.7. The molecule has 2 N–H and O–H groups in total. The maximum atomic E-state index is 12.6. The predicted molar refractivity (Wildman–Crippen MR) is 102 cm³/mol. The van der Waals surface area contributed by atoms with Gasteiger partial charge in [-0.15, -0.1) is 0 Å². The number of benzene rings is 1. The Hall–Kier alpha value is -2.90. The first-order valence-corrected chi connectivity index (χ1v) is 9.42. The van der Waals surface area contributed by atoms with Gasteiger partial charge in [0.25, 0.3) is 0 Å². The van der Waals surface area contributed by atoms with Crippen molar-refractivity contribution in [1.29, 1.82) is 0 Å². The summed E-state index contributed by atoms with van der Waals surface area (Å²) in [5, 5.41) is 5.58. The van der Waals surface area contributed by atoms with Crippen molar-refractivity contribution < 1.29 is 22.8 Å². The molecule has 0 spiro atoms. The van der Waals surface area contributed by atoms with Gasteiger partial charge in [-0.05, 0) is 61.1 Å². The molecule has 0 saturated heterocycles. The van der Waals surface area contributed by atoms with Crippen molar-refractivity contribution in [2.24, 2.45) is 5.92 Å². The van der Waals surface area contributed by atoms with Crippen LogP contribution in [0.4, 0.5) is 19.0 Å². The van der Waals surface area contributed by atoms with Gasteiger partial charge in [0.2, 0.25) is 11.8 Å². The maximum absolute atomic E-state index is 12.6. The van der Waals surface area contributed by atoms with Gasteiger partial charge >= 0.3 is 6.18 Å². The van der Waals surface area contributed by atoms with Gasteiger partial charge in [0.05, 0.1) is 18.0 Å². The zero-order valence-electron chi connectivity index (χ0n) is 15.9. The fraction of sp³-hybridized carbons (Fsp3) is 0.381. The molecule has 0 radical (unpaired) electrons. The van der Waals surface area contributed by atoms with Crippen molar-refractivity contribution in [3.8, 4) is 0 Å². The normalized spacial score (nSPS) is 14.9. The number of amides is 2. The summed E-state index contributed by atoms with van der Waals surface area (Å²) in [5.74, 6) is 0.517.